The minimum absolute atomic E-state index is 0.161. The van der Waals surface area contributed by atoms with Gasteiger partial charge in [-0.2, -0.15) is 5.10 Å². The van der Waals surface area contributed by atoms with Crippen molar-refractivity contribution in [3.63, 3.8) is 0 Å². The molecule has 1 atom stereocenters. The molecule has 0 unspecified atom stereocenters. The summed E-state index contributed by atoms with van der Waals surface area (Å²) < 4.78 is 6.59. The summed E-state index contributed by atoms with van der Waals surface area (Å²) in [5.41, 5.74) is -0.419. The van der Waals surface area contributed by atoms with Crippen molar-refractivity contribution >= 4 is 11.9 Å². The monoisotopic (exact) mass is 295 g/mol. The smallest absolute Gasteiger partial charge is 0.311 e. The average Bonchev–Trinajstić information content (AvgIpc) is 2.91. The number of methoxy groups -OCH3 is 1. The van der Waals surface area contributed by atoms with Crippen LogP contribution in [-0.2, 0) is 16.6 Å². The molecule has 1 aromatic heterocycles. The first kappa shape index (κ1) is 15.5. The fraction of sp³-hybridized carbons (Fsp3) is 0.643. The largest absolute Gasteiger partial charge is 0.481 e. The summed E-state index contributed by atoms with van der Waals surface area (Å²) >= 11 is 0. The van der Waals surface area contributed by atoms with Crippen molar-refractivity contribution in [3.8, 4) is 0 Å². The summed E-state index contributed by atoms with van der Waals surface area (Å²) in [5, 5.41) is 13.6. The van der Waals surface area contributed by atoms with Gasteiger partial charge in [-0.1, -0.05) is 0 Å². The molecule has 1 N–H and O–H groups in total. The zero-order chi connectivity index (χ0) is 15.5. The van der Waals surface area contributed by atoms with E-state index >= 15 is 0 Å². The molecule has 7 nitrogen and oxygen atoms in total. The fourth-order valence-corrected chi connectivity index (χ4v) is 2.80. The zero-order valence-electron chi connectivity index (χ0n) is 12.4. The highest BCUT2D eigenvalue weighted by Crippen LogP contribution is 2.34. The number of carboxylic acids is 1. The summed E-state index contributed by atoms with van der Waals surface area (Å²) in [6, 6.07) is 0. The van der Waals surface area contributed by atoms with Crippen LogP contribution in [0.25, 0.3) is 0 Å². The van der Waals surface area contributed by atoms with Gasteiger partial charge in [-0.25, -0.2) is 0 Å². The maximum Gasteiger partial charge on any atom is 0.311 e. The molecule has 1 aliphatic heterocycles. The van der Waals surface area contributed by atoms with Crippen molar-refractivity contribution in [2.24, 2.45) is 12.5 Å². The molecule has 116 valence electrons. The number of aromatic nitrogens is 2. The van der Waals surface area contributed by atoms with Gasteiger partial charge in [0.25, 0.3) is 5.91 Å². The number of carbonyl (C=O) groups excluding carboxylic acids is 1. The second kappa shape index (κ2) is 6.26. The molecule has 0 saturated carbocycles. The summed E-state index contributed by atoms with van der Waals surface area (Å²) in [7, 11) is 3.30. The molecule has 21 heavy (non-hydrogen) atoms. The van der Waals surface area contributed by atoms with Crippen LogP contribution in [0.2, 0.25) is 0 Å². The number of carboxylic acid groups (broad SMARTS) is 1. The third kappa shape index (κ3) is 3.24. The molecule has 1 fully saturated rings. The predicted molar refractivity (Wildman–Crippen MR) is 74.9 cm³/mol. The van der Waals surface area contributed by atoms with Gasteiger partial charge in [-0.05, 0) is 19.3 Å². The second-order valence-electron chi connectivity index (χ2n) is 5.56. The summed E-state index contributed by atoms with van der Waals surface area (Å²) in [6.07, 6.45) is 4.82. The van der Waals surface area contributed by atoms with Crippen LogP contribution < -0.4 is 0 Å². The van der Waals surface area contributed by atoms with Crippen LogP contribution in [-0.4, -0.2) is 58.5 Å². The summed E-state index contributed by atoms with van der Waals surface area (Å²) in [6.45, 7) is 1.18. The van der Waals surface area contributed by atoms with Crippen molar-refractivity contribution in [1.82, 2.24) is 14.7 Å². The average molecular weight is 295 g/mol. The Morgan fingerprint density at radius 2 is 2.29 bits per heavy atom. The number of hydrogen-bond acceptors (Lipinski definition) is 4. The number of aliphatic carboxylic acids is 1. The van der Waals surface area contributed by atoms with Crippen molar-refractivity contribution in [3.05, 3.63) is 18.0 Å². The third-order valence-corrected chi connectivity index (χ3v) is 4.05. The van der Waals surface area contributed by atoms with E-state index in [9.17, 15) is 14.7 Å². The zero-order valence-corrected chi connectivity index (χ0v) is 12.4. The Labute approximate surface area is 123 Å². The Kier molecular flexibility index (Phi) is 4.62. The minimum atomic E-state index is -0.911. The van der Waals surface area contributed by atoms with Crippen molar-refractivity contribution in [2.45, 2.75) is 19.3 Å². The summed E-state index contributed by atoms with van der Waals surface area (Å²) in [5.74, 6) is -1.02. The van der Waals surface area contributed by atoms with E-state index in [1.807, 2.05) is 0 Å². The number of rotatable bonds is 5. The SMILES string of the molecule is COCC[C@@]1(C(=O)O)CCCN(C(=O)c2cnn(C)c2)C1. The molecule has 2 heterocycles. The van der Waals surface area contributed by atoms with Crippen LogP contribution in [0.4, 0.5) is 0 Å². The normalized spacial score (nSPS) is 22.3. The van der Waals surface area contributed by atoms with Gasteiger partial charge in [0.2, 0.25) is 0 Å². The first-order valence-corrected chi connectivity index (χ1v) is 6.99. The standard InChI is InChI=1S/C14H21N3O4/c1-16-9-11(8-15-16)12(18)17-6-3-4-14(10-17,13(19)20)5-7-21-2/h8-9H,3-7,10H2,1-2H3,(H,19,20)/t14-/m0/s1. The molecule has 0 radical (unpaired) electrons. The maximum absolute atomic E-state index is 12.4. The lowest BCUT2D eigenvalue weighted by molar-refractivity contribution is -0.153. The number of ether oxygens (including phenoxy) is 1. The predicted octanol–water partition coefficient (Wildman–Crippen LogP) is 0.764. The highest BCUT2D eigenvalue weighted by molar-refractivity contribution is 5.94. The molecule has 0 bridgehead atoms. The molecule has 1 amide bonds. The van der Waals surface area contributed by atoms with E-state index in [0.29, 0.717) is 38.0 Å². The van der Waals surface area contributed by atoms with Crippen LogP contribution in [0.3, 0.4) is 0 Å². The topological polar surface area (TPSA) is 84.7 Å². The number of amides is 1. The Balaban J connectivity index is 2.14. The lowest BCUT2D eigenvalue weighted by Gasteiger charge is -2.39. The number of nitrogens with zero attached hydrogens (tertiary/aromatic N) is 3. The van der Waals surface area contributed by atoms with Crippen molar-refractivity contribution < 1.29 is 19.4 Å². The molecule has 2 rings (SSSR count). The lowest BCUT2D eigenvalue weighted by atomic mass is 9.77. The van der Waals surface area contributed by atoms with Crippen molar-refractivity contribution in [1.29, 1.82) is 0 Å². The second-order valence-corrected chi connectivity index (χ2v) is 5.56. The van der Waals surface area contributed by atoms with Gasteiger partial charge in [0.05, 0.1) is 17.2 Å². The van der Waals surface area contributed by atoms with Gasteiger partial charge in [0.1, 0.15) is 0 Å². The van der Waals surface area contributed by atoms with Crippen molar-refractivity contribution in [2.75, 3.05) is 26.8 Å². The number of likely N-dealkylation sites (tertiary alicyclic amines) is 1. The van der Waals surface area contributed by atoms with Crippen LogP contribution >= 0.6 is 0 Å². The van der Waals surface area contributed by atoms with E-state index in [4.69, 9.17) is 4.74 Å². The molecule has 7 heteroatoms. The molecule has 1 aliphatic rings. The van der Waals surface area contributed by atoms with Gasteiger partial charge in [0, 0.05) is 40.1 Å². The molecule has 0 spiro atoms. The molecular formula is C14H21N3O4. The Morgan fingerprint density at radius 1 is 1.52 bits per heavy atom. The highest BCUT2D eigenvalue weighted by Gasteiger charge is 2.43. The maximum atomic E-state index is 12.4. The lowest BCUT2D eigenvalue weighted by Crippen LogP contribution is -2.50. The molecule has 0 aromatic carbocycles. The Morgan fingerprint density at radius 3 is 2.86 bits per heavy atom. The molecule has 1 saturated heterocycles. The first-order chi connectivity index (χ1) is 9.98. The van der Waals surface area contributed by atoms with Gasteiger partial charge in [-0.3, -0.25) is 14.3 Å². The third-order valence-electron chi connectivity index (χ3n) is 4.05. The number of aryl methyl sites for hydroxylation is 1. The minimum Gasteiger partial charge on any atom is -0.481 e. The van der Waals surface area contributed by atoms with E-state index in [1.165, 1.54) is 6.20 Å². The van der Waals surface area contributed by atoms with E-state index in [2.05, 4.69) is 5.10 Å². The number of hydrogen-bond donors (Lipinski definition) is 1. The van der Waals surface area contributed by atoms with Gasteiger partial charge in [0.15, 0.2) is 0 Å². The van der Waals surface area contributed by atoms with E-state index in [0.717, 1.165) is 0 Å². The van der Waals surface area contributed by atoms with Crippen LogP contribution in [0.15, 0.2) is 12.4 Å². The van der Waals surface area contributed by atoms with Gasteiger partial charge in [-0.15, -0.1) is 0 Å². The van der Waals surface area contributed by atoms with Gasteiger partial charge >= 0.3 is 5.97 Å². The van der Waals surface area contributed by atoms with Crippen LogP contribution in [0.1, 0.15) is 29.6 Å². The molecule has 1 aromatic rings. The quantitative estimate of drug-likeness (QED) is 0.867. The molecule has 0 aliphatic carbocycles. The van der Waals surface area contributed by atoms with Gasteiger partial charge < -0.3 is 14.7 Å². The van der Waals surface area contributed by atoms with Crippen LogP contribution in [0, 0.1) is 5.41 Å². The Hall–Kier alpha value is -1.89. The van der Waals surface area contributed by atoms with E-state index < -0.39 is 11.4 Å². The number of carbonyl (C=O) groups is 2. The highest BCUT2D eigenvalue weighted by atomic mass is 16.5. The first-order valence-electron chi connectivity index (χ1n) is 6.99. The molecular weight excluding hydrogens is 274 g/mol. The fourth-order valence-electron chi connectivity index (χ4n) is 2.80. The number of piperidine rings is 1. The Bertz CT molecular complexity index is 528. The van der Waals surface area contributed by atoms with Crippen LogP contribution in [0.5, 0.6) is 0 Å². The summed E-state index contributed by atoms with van der Waals surface area (Å²) in [4.78, 5) is 25.7. The van der Waals surface area contributed by atoms with E-state index in [-0.39, 0.29) is 12.5 Å². The van der Waals surface area contributed by atoms with E-state index in [1.54, 1.807) is 29.9 Å².